The topological polar surface area (TPSA) is 79.4 Å². The van der Waals surface area contributed by atoms with Crippen LogP contribution in [0.4, 0.5) is 0 Å². The lowest BCUT2D eigenvalue weighted by Crippen LogP contribution is -2.28. The van der Waals surface area contributed by atoms with E-state index in [1.807, 2.05) is 18.5 Å². The van der Waals surface area contributed by atoms with Gasteiger partial charge in [0.2, 0.25) is 0 Å². The molecule has 5 heteroatoms. The van der Waals surface area contributed by atoms with Crippen molar-refractivity contribution < 1.29 is 0 Å². The normalized spacial score (nSPS) is 23.2. The number of aromatic amines is 1. The van der Waals surface area contributed by atoms with E-state index in [1.54, 1.807) is 0 Å². The van der Waals surface area contributed by atoms with Gasteiger partial charge in [-0.05, 0) is 18.1 Å². The van der Waals surface area contributed by atoms with Gasteiger partial charge in [-0.3, -0.25) is 5.10 Å². The molecule has 0 bridgehead atoms. The predicted molar refractivity (Wildman–Crippen MR) is 62.9 cm³/mol. The van der Waals surface area contributed by atoms with E-state index in [0.29, 0.717) is 5.84 Å². The second-order valence-corrected chi connectivity index (χ2v) is 3.83. The first-order valence-corrected chi connectivity index (χ1v) is 5.10. The predicted octanol–water partition coefficient (Wildman–Crippen LogP) is 1.10. The molecular weight excluding hydrogens is 202 g/mol. The zero-order valence-electron chi connectivity index (χ0n) is 8.59. The fraction of sp³-hybridized carbons (Fsp3) is 0.182. The van der Waals surface area contributed by atoms with Crippen molar-refractivity contribution in [3.63, 3.8) is 0 Å². The molecular formula is C11H11N5. The summed E-state index contributed by atoms with van der Waals surface area (Å²) in [5.41, 5.74) is 9.16. The second kappa shape index (κ2) is 3.44. The number of rotatable bonds is 1. The van der Waals surface area contributed by atoms with Gasteiger partial charge in [0.05, 0.1) is 17.8 Å². The van der Waals surface area contributed by atoms with Crippen molar-refractivity contribution in [1.29, 1.82) is 0 Å². The van der Waals surface area contributed by atoms with Crippen molar-refractivity contribution in [2.75, 3.05) is 0 Å². The van der Waals surface area contributed by atoms with Crippen LogP contribution in [0.1, 0.15) is 12.0 Å². The Morgan fingerprint density at radius 2 is 2.31 bits per heavy atom. The molecule has 3 N–H and O–H groups in total. The molecule has 2 aliphatic rings. The van der Waals surface area contributed by atoms with Crippen LogP contribution in [-0.2, 0) is 0 Å². The maximum absolute atomic E-state index is 5.87. The van der Waals surface area contributed by atoms with Gasteiger partial charge >= 0.3 is 0 Å². The number of H-pyrrole nitrogens is 1. The molecule has 1 aromatic rings. The fourth-order valence-corrected chi connectivity index (χ4v) is 1.98. The lowest BCUT2D eigenvalue weighted by molar-refractivity contribution is 0.794. The van der Waals surface area contributed by atoms with Gasteiger partial charge < -0.3 is 5.73 Å². The maximum atomic E-state index is 5.87. The summed E-state index contributed by atoms with van der Waals surface area (Å²) < 4.78 is 0. The minimum atomic E-state index is 0.111. The lowest BCUT2D eigenvalue weighted by atomic mass is 9.87. The SMILES string of the molecule is NC1=NC=NC2=CC=C(c3cn[nH]c3)CC21. The highest BCUT2D eigenvalue weighted by atomic mass is 15.1. The van der Waals surface area contributed by atoms with E-state index >= 15 is 0 Å². The van der Waals surface area contributed by atoms with Crippen molar-refractivity contribution >= 4 is 17.7 Å². The lowest BCUT2D eigenvalue weighted by Gasteiger charge is -2.23. The van der Waals surface area contributed by atoms with E-state index in [-0.39, 0.29) is 5.92 Å². The van der Waals surface area contributed by atoms with Gasteiger partial charge in [-0.1, -0.05) is 6.08 Å². The zero-order valence-corrected chi connectivity index (χ0v) is 8.59. The molecule has 1 aromatic heterocycles. The first-order valence-electron chi connectivity index (χ1n) is 5.10. The van der Waals surface area contributed by atoms with Crippen LogP contribution in [-0.4, -0.2) is 22.4 Å². The molecule has 80 valence electrons. The Bertz CT molecular complexity index is 519. The Morgan fingerprint density at radius 3 is 3.12 bits per heavy atom. The molecule has 0 aromatic carbocycles. The highest BCUT2D eigenvalue weighted by Gasteiger charge is 2.25. The van der Waals surface area contributed by atoms with Crippen LogP contribution in [0.15, 0.2) is 40.2 Å². The Morgan fingerprint density at radius 1 is 1.38 bits per heavy atom. The van der Waals surface area contributed by atoms with Crippen LogP contribution >= 0.6 is 0 Å². The molecule has 0 radical (unpaired) electrons. The van der Waals surface area contributed by atoms with E-state index < -0.39 is 0 Å². The van der Waals surface area contributed by atoms with Crippen LogP contribution in [0.25, 0.3) is 5.57 Å². The summed E-state index contributed by atoms with van der Waals surface area (Å²) in [6, 6.07) is 0. The summed E-state index contributed by atoms with van der Waals surface area (Å²) in [6.45, 7) is 0. The third-order valence-electron chi connectivity index (χ3n) is 2.88. The van der Waals surface area contributed by atoms with Gasteiger partial charge in [0.25, 0.3) is 0 Å². The van der Waals surface area contributed by atoms with E-state index in [2.05, 4.69) is 26.3 Å². The molecule has 0 amide bonds. The zero-order chi connectivity index (χ0) is 11.0. The molecule has 5 nitrogen and oxygen atoms in total. The average molecular weight is 213 g/mol. The summed E-state index contributed by atoms with van der Waals surface area (Å²) >= 11 is 0. The number of amidine groups is 1. The number of allylic oxidation sites excluding steroid dienone is 3. The number of fused-ring (bicyclic) bond motifs is 1. The minimum absolute atomic E-state index is 0.111. The second-order valence-electron chi connectivity index (χ2n) is 3.83. The maximum Gasteiger partial charge on any atom is 0.117 e. The summed E-state index contributed by atoms with van der Waals surface area (Å²) in [5, 5.41) is 6.75. The van der Waals surface area contributed by atoms with E-state index in [9.17, 15) is 0 Å². The number of hydrogen-bond acceptors (Lipinski definition) is 4. The quantitative estimate of drug-likeness (QED) is 0.732. The standard InChI is InChI=1S/C11H11N5/c12-11-9-3-7(8-4-15-16-5-8)1-2-10(9)13-6-14-11/h1-2,4-6,9H,3H2,(H,15,16)(H2,12,13,14). The summed E-state index contributed by atoms with van der Waals surface area (Å²) in [4.78, 5) is 8.26. The van der Waals surface area contributed by atoms with Gasteiger partial charge in [0.1, 0.15) is 12.2 Å². The number of nitrogens with one attached hydrogen (secondary N) is 1. The summed E-state index contributed by atoms with van der Waals surface area (Å²) in [6.07, 6.45) is 10.1. The molecule has 16 heavy (non-hydrogen) atoms. The first kappa shape index (κ1) is 9.08. The number of nitrogens with zero attached hydrogens (tertiary/aromatic N) is 3. The average Bonchev–Trinajstić information content (AvgIpc) is 2.83. The Hall–Kier alpha value is -2.17. The Labute approximate surface area is 92.5 Å². The Balaban J connectivity index is 1.97. The molecule has 3 rings (SSSR count). The van der Waals surface area contributed by atoms with Crippen molar-refractivity contribution in [2.24, 2.45) is 21.6 Å². The van der Waals surface area contributed by atoms with Crippen LogP contribution in [0, 0.1) is 5.92 Å². The van der Waals surface area contributed by atoms with Gasteiger partial charge in [-0.25, -0.2) is 9.98 Å². The van der Waals surface area contributed by atoms with Gasteiger partial charge in [0.15, 0.2) is 0 Å². The molecule has 0 fully saturated rings. The molecule has 1 aliphatic carbocycles. The number of aliphatic imine (C=N–C) groups is 2. The fourth-order valence-electron chi connectivity index (χ4n) is 1.98. The van der Waals surface area contributed by atoms with Gasteiger partial charge in [-0.2, -0.15) is 5.10 Å². The Kier molecular flexibility index (Phi) is 1.96. The van der Waals surface area contributed by atoms with Gasteiger partial charge in [-0.15, -0.1) is 0 Å². The molecule has 0 saturated heterocycles. The molecule has 1 atom stereocenters. The monoisotopic (exact) mass is 213 g/mol. The molecule has 1 unspecified atom stereocenters. The summed E-state index contributed by atoms with van der Waals surface area (Å²) in [7, 11) is 0. The van der Waals surface area contributed by atoms with E-state index in [4.69, 9.17) is 5.73 Å². The van der Waals surface area contributed by atoms with E-state index in [0.717, 1.165) is 17.7 Å². The largest absolute Gasteiger partial charge is 0.387 e. The molecule has 2 heterocycles. The third-order valence-corrected chi connectivity index (χ3v) is 2.88. The van der Waals surface area contributed by atoms with Crippen molar-refractivity contribution in [3.05, 3.63) is 35.8 Å². The van der Waals surface area contributed by atoms with Crippen molar-refractivity contribution in [3.8, 4) is 0 Å². The van der Waals surface area contributed by atoms with Crippen molar-refractivity contribution in [1.82, 2.24) is 10.2 Å². The molecule has 0 spiro atoms. The third kappa shape index (κ3) is 1.37. The molecule has 0 saturated carbocycles. The summed E-state index contributed by atoms with van der Waals surface area (Å²) in [5.74, 6) is 0.746. The van der Waals surface area contributed by atoms with Crippen LogP contribution in [0.3, 0.4) is 0 Å². The highest BCUT2D eigenvalue weighted by Crippen LogP contribution is 2.32. The number of nitrogens with two attached hydrogens (primary N) is 1. The van der Waals surface area contributed by atoms with Crippen LogP contribution < -0.4 is 5.73 Å². The van der Waals surface area contributed by atoms with Crippen LogP contribution in [0.2, 0.25) is 0 Å². The van der Waals surface area contributed by atoms with Gasteiger partial charge in [0, 0.05) is 11.8 Å². The van der Waals surface area contributed by atoms with E-state index in [1.165, 1.54) is 11.9 Å². The smallest absolute Gasteiger partial charge is 0.117 e. The molecule has 1 aliphatic heterocycles. The number of hydrogen-bond donors (Lipinski definition) is 2. The highest BCUT2D eigenvalue weighted by molar-refractivity contribution is 5.95. The van der Waals surface area contributed by atoms with Crippen LogP contribution in [0.5, 0.6) is 0 Å². The number of aromatic nitrogens is 2. The minimum Gasteiger partial charge on any atom is -0.387 e. The van der Waals surface area contributed by atoms with Crippen molar-refractivity contribution in [2.45, 2.75) is 6.42 Å². The first-order chi connectivity index (χ1) is 7.84.